The van der Waals surface area contributed by atoms with Crippen LogP contribution in [0.3, 0.4) is 0 Å². The number of carbonyl (C=O) groups excluding carboxylic acids is 2. The number of allylic oxidation sites excluding steroid dienone is 9. The average molecular weight is 769 g/mol. The smallest absolute Gasteiger partial charge is 0.462 e. The predicted molar refractivity (Wildman–Crippen MR) is 214 cm³/mol. The Morgan fingerprint density at radius 2 is 1.08 bits per heavy atom. The number of hydrogen-bond acceptors (Lipinski definition) is 9. The molecule has 3 N–H and O–H groups in total. The normalized spacial score (nSPS) is 14.3. The summed E-state index contributed by atoms with van der Waals surface area (Å²) in [4.78, 5) is 34.9. The largest absolute Gasteiger partial charge is 0.472 e. The molecule has 1 unspecified atom stereocenters. The highest BCUT2D eigenvalue weighted by Crippen LogP contribution is 2.43. The lowest BCUT2D eigenvalue weighted by Gasteiger charge is -2.20. The van der Waals surface area contributed by atoms with Gasteiger partial charge in [0.25, 0.3) is 0 Å². The van der Waals surface area contributed by atoms with Crippen molar-refractivity contribution in [3.8, 4) is 0 Å². The van der Waals surface area contributed by atoms with E-state index < -0.39 is 51.8 Å². The van der Waals surface area contributed by atoms with Crippen molar-refractivity contribution >= 4 is 19.8 Å². The number of carbonyl (C=O) groups is 2. The number of phosphoric ester groups is 1. The molecule has 0 amide bonds. The number of unbranched alkanes of at least 4 members (excludes halogenated alkanes) is 15. The number of rotatable bonds is 38. The molecule has 0 aliphatic heterocycles. The van der Waals surface area contributed by atoms with Gasteiger partial charge >= 0.3 is 19.8 Å². The summed E-state index contributed by atoms with van der Waals surface area (Å²) in [6, 6.07) is 0. The zero-order valence-corrected chi connectivity index (χ0v) is 33.7. The Hall–Kier alpha value is -2.33. The van der Waals surface area contributed by atoms with Crippen LogP contribution in [-0.4, -0.2) is 65.7 Å². The van der Waals surface area contributed by atoms with Gasteiger partial charge in [0.1, 0.15) is 12.7 Å². The van der Waals surface area contributed by atoms with E-state index in [4.69, 9.17) is 19.1 Å². The van der Waals surface area contributed by atoms with Gasteiger partial charge in [-0.05, 0) is 64.2 Å². The van der Waals surface area contributed by atoms with Crippen molar-refractivity contribution in [1.82, 2.24) is 0 Å². The van der Waals surface area contributed by atoms with Crippen LogP contribution in [-0.2, 0) is 32.7 Å². The summed E-state index contributed by atoms with van der Waals surface area (Å²) in [5.41, 5.74) is 0. The van der Waals surface area contributed by atoms with Crippen LogP contribution in [0.2, 0.25) is 0 Å². The summed E-state index contributed by atoms with van der Waals surface area (Å²) >= 11 is 0. The first kappa shape index (κ1) is 50.7. The van der Waals surface area contributed by atoms with Crippen molar-refractivity contribution in [2.24, 2.45) is 0 Å². The summed E-state index contributed by atoms with van der Waals surface area (Å²) in [6.45, 7) is 3.72. The van der Waals surface area contributed by atoms with Gasteiger partial charge in [-0.2, -0.15) is 0 Å². The Morgan fingerprint density at radius 3 is 1.62 bits per heavy atom. The maximum absolute atomic E-state index is 12.6. The molecule has 0 radical (unpaired) electrons. The molecule has 306 valence electrons. The fourth-order valence-electron chi connectivity index (χ4n) is 5.20. The standard InChI is InChI=1S/C42H73O10P/c1-3-5-7-9-11-13-15-17-19-21-23-25-27-29-31-33-41(45)49-37-40(38-51-53(47,48)50-36-39(44)35-43)52-42(46)34-32-30-28-26-24-22-20-18-16-14-12-10-8-6-4-2/h3,6,8,12,14,18,20,24,26,39-40,43-44H,1,4-5,7,9-11,13,15-17,19,21-23,25,27-38H2,2H3,(H,47,48)/b8-6+,14-12+,20-18+,26-24+/t39-,40+/m0/s1. The molecule has 0 spiro atoms. The number of esters is 2. The Balaban J connectivity index is 4.39. The number of aliphatic hydroxyl groups is 2. The Labute approximate surface area is 321 Å². The van der Waals surface area contributed by atoms with Crippen LogP contribution in [0, 0.1) is 0 Å². The van der Waals surface area contributed by atoms with Crippen LogP contribution >= 0.6 is 7.82 Å². The molecular weight excluding hydrogens is 695 g/mol. The fraction of sp³-hybridized carbons (Fsp3) is 0.714. The molecule has 0 aliphatic rings. The van der Waals surface area contributed by atoms with E-state index in [0.717, 1.165) is 64.2 Å². The SMILES string of the molecule is C=CCCCCCCCCCCCCCCCC(=O)OC[C@H](COP(=O)(O)OC[C@@H](O)CO)OC(=O)CCCC/C=C/C/C=C/C/C=C/C/C=C/CC. The molecule has 3 atom stereocenters. The molecule has 0 saturated heterocycles. The van der Waals surface area contributed by atoms with Crippen LogP contribution in [0.15, 0.2) is 61.3 Å². The minimum Gasteiger partial charge on any atom is -0.462 e. The van der Waals surface area contributed by atoms with E-state index in [1.54, 1.807) is 0 Å². The lowest BCUT2D eigenvalue weighted by atomic mass is 10.0. The second kappa shape index (κ2) is 38.0. The highest BCUT2D eigenvalue weighted by atomic mass is 31.2. The third-order valence-electron chi connectivity index (χ3n) is 8.30. The van der Waals surface area contributed by atoms with Crippen LogP contribution in [0.5, 0.6) is 0 Å². The lowest BCUT2D eigenvalue weighted by Crippen LogP contribution is -2.29. The summed E-state index contributed by atoms with van der Waals surface area (Å²) in [5, 5.41) is 18.3. The van der Waals surface area contributed by atoms with E-state index >= 15 is 0 Å². The number of ether oxygens (including phenoxy) is 2. The third-order valence-corrected chi connectivity index (χ3v) is 9.25. The molecule has 10 nitrogen and oxygen atoms in total. The maximum atomic E-state index is 12.6. The second-order valence-electron chi connectivity index (χ2n) is 13.4. The summed E-state index contributed by atoms with van der Waals surface area (Å²) in [6.07, 6.45) is 39.4. The van der Waals surface area contributed by atoms with Gasteiger partial charge in [-0.1, -0.05) is 132 Å². The highest BCUT2D eigenvalue weighted by Gasteiger charge is 2.27. The van der Waals surface area contributed by atoms with E-state index in [1.807, 2.05) is 6.08 Å². The summed E-state index contributed by atoms with van der Waals surface area (Å²) in [7, 11) is -4.63. The van der Waals surface area contributed by atoms with Crippen LogP contribution in [0.4, 0.5) is 0 Å². The van der Waals surface area contributed by atoms with Gasteiger partial charge in [0.05, 0.1) is 19.8 Å². The molecule has 53 heavy (non-hydrogen) atoms. The number of aliphatic hydroxyl groups excluding tert-OH is 2. The number of phosphoric acid groups is 1. The fourth-order valence-corrected chi connectivity index (χ4v) is 5.99. The Bertz CT molecular complexity index is 1050. The molecule has 0 heterocycles. The first-order valence-corrected chi connectivity index (χ1v) is 21.7. The van der Waals surface area contributed by atoms with Crippen LogP contribution in [0.25, 0.3) is 0 Å². The molecule has 0 fully saturated rings. The minimum atomic E-state index is -4.63. The predicted octanol–water partition coefficient (Wildman–Crippen LogP) is 10.3. The Kier molecular flexibility index (Phi) is 36.3. The monoisotopic (exact) mass is 768 g/mol. The van der Waals surface area contributed by atoms with Gasteiger partial charge in [-0.3, -0.25) is 18.6 Å². The Morgan fingerprint density at radius 1 is 0.623 bits per heavy atom. The van der Waals surface area contributed by atoms with E-state index in [0.29, 0.717) is 12.8 Å². The molecule has 0 saturated carbocycles. The van der Waals surface area contributed by atoms with Crippen LogP contribution < -0.4 is 0 Å². The highest BCUT2D eigenvalue weighted by molar-refractivity contribution is 7.47. The molecule has 0 aliphatic carbocycles. The van der Waals surface area contributed by atoms with Gasteiger partial charge in [0, 0.05) is 12.8 Å². The summed E-state index contributed by atoms with van der Waals surface area (Å²) < 4.78 is 32.6. The van der Waals surface area contributed by atoms with Crippen molar-refractivity contribution in [3.63, 3.8) is 0 Å². The molecule has 0 aromatic carbocycles. The molecule has 11 heteroatoms. The van der Waals surface area contributed by atoms with Gasteiger partial charge in [-0.25, -0.2) is 4.57 Å². The van der Waals surface area contributed by atoms with E-state index in [9.17, 15) is 24.2 Å². The second-order valence-corrected chi connectivity index (χ2v) is 14.8. The quantitative estimate of drug-likeness (QED) is 0.0240. The first-order valence-electron chi connectivity index (χ1n) is 20.2. The number of hydrogen-bond donors (Lipinski definition) is 3. The maximum Gasteiger partial charge on any atom is 0.472 e. The van der Waals surface area contributed by atoms with E-state index in [2.05, 4.69) is 66.6 Å². The van der Waals surface area contributed by atoms with Gasteiger partial charge in [0.2, 0.25) is 0 Å². The third kappa shape index (κ3) is 37.8. The topological polar surface area (TPSA) is 149 Å². The van der Waals surface area contributed by atoms with Gasteiger partial charge in [0.15, 0.2) is 6.10 Å². The molecule has 0 bridgehead atoms. The first-order chi connectivity index (χ1) is 25.7. The van der Waals surface area contributed by atoms with Crippen molar-refractivity contribution in [1.29, 1.82) is 0 Å². The zero-order chi connectivity index (χ0) is 39.1. The van der Waals surface area contributed by atoms with Gasteiger partial charge in [-0.15, -0.1) is 6.58 Å². The van der Waals surface area contributed by atoms with E-state index in [-0.39, 0.29) is 19.4 Å². The average Bonchev–Trinajstić information content (AvgIpc) is 3.14. The zero-order valence-electron chi connectivity index (χ0n) is 32.8. The van der Waals surface area contributed by atoms with E-state index in [1.165, 1.54) is 57.8 Å². The van der Waals surface area contributed by atoms with Crippen molar-refractivity contribution in [2.45, 2.75) is 167 Å². The minimum absolute atomic E-state index is 0.129. The molecule has 0 rings (SSSR count). The van der Waals surface area contributed by atoms with Crippen LogP contribution in [0.1, 0.15) is 155 Å². The molecule has 0 aromatic rings. The summed E-state index contributed by atoms with van der Waals surface area (Å²) in [5.74, 6) is -0.980. The van der Waals surface area contributed by atoms with Crippen molar-refractivity contribution in [3.05, 3.63) is 61.3 Å². The molecule has 0 aromatic heterocycles. The van der Waals surface area contributed by atoms with Gasteiger partial charge < -0.3 is 24.6 Å². The molecular formula is C42H73O10P. The van der Waals surface area contributed by atoms with Crippen molar-refractivity contribution in [2.75, 3.05) is 26.4 Å². The lowest BCUT2D eigenvalue weighted by molar-refractivity contribution is -0.161. The van der Waals surface area contributed by atoms with Crippen molar-refractivity contribution < 1.29 is 47.8 Å².